The van der Waals surface area contributed by atoms with E-state index in [2.05, 4.69) is 21.2 Å². The molecule has 0 aromatic heterocycles. The maximum atomic E-state index is 15.2. The molecular formula is C26H29BrF3N3O. The average Bonchev–Trinajstić information content (AvgIpc) is 3.52. The second-order valence-corrected chi connectivity index (χ2v) is 10.7. The van der Waals surface area contributed by atoms with E-state index in [4.69, 9.17) is 10.1 Å². The van der Waals surface area contributed by atoms with Gasteiger partial charge in [0, 0.05) is 41.0 Å². The fraction of sp³-hybridized carbons (Fsp3) is 0.500. The summed E-state index contributed by atoms with van der Waals surface area (Å²) in [5.74, 6) is -1.33. The van der Waals surface area contributed by atoms with E-state index in [9.17, 15) is 4.39 Å². The van der Waals surface area contributed by atoms with Crippen LogP contribution >= 0.6 is 15.9 Å². The predicted octanol–water partition coefficient (Wildman–Crippen LogP) is 6.25. The van der Waals surface area contributed by atoms with Gasteiger partial charge in [-0.1, -0.05) is 22.0 Å². The van der Waals surface area contributed by atoms with Crippen LogP contribution in [0.4, 0.5) is 13.2 Å². The van der Waals surface area contributed by atoms with Gasteiger partial charge in [0.2, 0.25) is 0 Å². The molecule has 0 bridgehead atoms. The Hall–Kier alpha value is -1.90. The van der Waals surface area contributed by atoms with Crippen molar-refractivity contribution in [3.8, 4) is 0 Å². The molecule has 8 heteroatoms. The zero-order valence-electron chi connectivity index (χ0n) is 19.1. The first-order valence-electron chi connectivity index (χ1n) is 11.9. The van der Waals surface area contributed by atoms with E-state index in [1.165, 1.54) is 12.1 Å². The number of allylic oxidation sites excluding steroid dienone is 2. The van der Waals surface area contributed by atoms with E-state index in [0.29, 0.717) is 41.6 Å². The van der Waals surface area contributed by atoms with Crippen molar-refractivity contribution in [2.75, 3.05) is 13.2 Å². The Labute approximate surface area is 206 Å². The Balaban J connectivity index is 1.59. The van der Waals surface area contributed by atoms with Crippen molar-refractivity contribution in [3.63, 3.8) is 0 Å². The molecule has 1 saturated heterocycles. The third-order valence-corrected chi connectivity index (χ3v) is 7.71. The van der Waals surface area contributed by atoms with Crippen LogP contribution in [0.3, 0.4) is 0 Å². The normalized spacial score (nSPS) is 30.0. The number of halogens is 4. The smallest absolute Gasteiger partial charge is 0.132 e. The summed E-state index contributed by atoms with van der Waals surface area (Å²) >= 11 is 3.16. The van der Waals surface area contributed by atoms with Gasteiger partial charge >= 0.3 is 0 Å². The number of nitrogens with zero attached hydrogens (tertiary/aromatic N) is 1. The maximum absolute atomic E-state index is 15.2. The zero-order chi connectivity index (χ0) is 24.0. The topological polar surface area (TPSA) is 48.4 Å². The average molecular weight is 536 g/mol. The fourth-order valence-electron chi connectivity index (χ4n) is 5.23. The van der Waals surface area contributed by atoms with Gasteiger partial charge < -0.3 is 15.5 Å². The highest BCUT2D eigenvalue weighted by Crippen LogP contribution is 2.49. The van der Waals surface area contributed by atoms with Crippen molar-refractivity contribution in [1.82, 2.24) is 10.2 Å². The van der Waals surface area contributed by atoms with E-state index in [1.54, 1.807) is 12.2 Å². The molecule has 2 unspecified atom stereocenters. The third-order valence-electron chi connectivity index (χ3n) is 7.25. The molecule has 2 aliphatic carbocycles. The number of benzene rings is 1. The molecule has 2 N–H and O–H groups in total. The van der Waals surface area contributed by atoms with Crippen LogP contribution in [0.5, 0.6) is 0 Å². The van der Waals surface area contributed by atoms with Crippen LogP contribution in [0.2, 0.25) is 0 Å². The van der Waals surface area contributed by atoms with Crippen molar-refractivity contribution in [3.05, 3.63) is 68.9 Å². The highest BCUT2D eigenvalue weighted by Gasteiger charge is 2.49. The maximum Gasteiger partial charge on any atom is 0.132 e. The SMILES string of the molecule is C[C@@H]1CC2=C(C=CC(=N)/C2=C\NC2CCCCO2)C(c2c(F)cc(Br)cc2F)N1CC1(F)CC1. The van der Waals surface area contributed by atoms with Gasteiger partial charge in [0.25, 0.3) is 0 Å². The molecule has 3 atom stereocenters. The van der Waals surface area contributed by atoms with Crippen LogP contribution in [-0.4, -0.2) is 41.7 Å². The second-order valence-electron chi connectivity index (χ2n) is 9.82. The largest absolute Gasteiger partial charge is 0.366 e. The Kier molecular flexibility index (Phi) is 6.50. The molecule has 1 aromatic carbocycles. The van der Waals surface area contributed by atoms with Crippen LogP contribution in [0.1, 0.15) is 57.1 Å². The predicted molar refractivity (Wildman–Crippen MR) is 129 cm³/mol. The van der Waals surface area contributed by atoms with E-state index < -0.39 is 23.3 Å². The summed E-state index contributed by atoms with van der Waals surface area (Å²) < 4.78 is 51.5. The molecule has 2 fully saturated rings. The van der Waals surface area contributed by atoms with Gasteiger partial charge in [0.1, 0.15) is 23.5 Å². The van der Waals surface area contributed by atoms with Crippen molar-refractivity contribution >= 4 is 21.6 Å². The molecule has 5 rings (SSSR count). The lowest BCUT2D eigenvalue weighted by Gasteiger charge is -2.45. The quantitative estimate of drug-likeness (QED) is 0.468. The minimum absolute atomic E-state index is 0.0764. The van der Waals surface area contributed by atoms with E-state index in [0.717, 1.165) is 30.4 Å². The van der Waals surface area contributed by atoms with Crippen LogP contribution in [0.15, 0.2) is 51.7 Å². The summed E-state index contributed by atoms with van der Waals surface area (Å²) in [6, 6.07) is 1.57. The molecule has 34 heavy (non-hydrogen) atoms. The summed E-state index contributed by atoms with van der Waals surface area (Å²) in [5, 5.41) is 11.8. The molecule has 2 heterocycles. The van der Waals surface area contributed by atoms with Gasteiger partial charge in [-0.05, 0) is 74.8 Å². The molecule has 4 nitrogen and oxygen atoms in total. The standard InChI is InChI=1S/C26H29BrF3N3O/c1-15-10-18-17(5-6-22(31)19(18)13-32-23-4-2-3-9-34-23)25(33(15)14-26(30)7-8-26)24-20(28)11-16(27)12-21(24)29/h5-6,11-13,15,23,25,31-32H,2-4,7-10,14H2,1H3/b19-13-,31-22?/t15-,23?,25?/m1/s1. The molecule has 0 radical (unpaired) electrons. The fourth-order valence-corrected chi connectivity index (χ4v) is 5.63. The zero-order valence-corrected chi connectivity index (χ0v) is 20.7. The van der Waals surface area contributed by atoms with Crippen molar-refractivity contribution in [2.45, 2.75) is 69.4 Å². The lowest BCUT2D eigenvalue weighted by molar-refractivity contribution is 0.00328. The molecule has 0 amide bonds. The molecule has 1 aromatic rings. The van der Waals surface area contributed by atoms with Crippen LogP contribution < -0.4 is 5.32 Å². The minimum Gasteiger partial charge on any atom is -0.366 e. The van der Waals surface area contributed by atoms with Gasteiger partial charge in [0.15, 0.2) is 0 Å². The van der Waals surface area contributed by atoms with Gasteiger partial charge in [-0.25, -0.2) is 13.2 Å². The summed E-state index contributed by atoms with van der Waals surface area (Å²) in [5.41, 5.74) is 1.24. The molecule has 182 valence electrons. The first kappa shape index (κ1) is 23.8. The second kappa shape index (κ2) is 9.28. The lowest BCUT2D eigenvalue weighted by Crippen LogP contribution is -2.46. The van der Waals surface area contributed by atoms with Crippen molar-refractivity contribution in [2.24, 2.45) is 0 Å². The van der Waals surface area contributed by atoms with E-state index >= 15 is 8.78 Å². The van der Waals surface area contributed by atoms with Crippen molar-refractivity contribution in [1.29, 1.82) is 5.41 Å². The summed E-state index contributed by atoms with van der Waals surface area (Å²) in [4.78, 5) is 1.90. The highest BCUT2D eigenvalue weighted by atomic mass is 79.9. The summed E-state index contributed by atoms with van der Waals surface area (Å²) in [7, 11) is 0. The Morgan fingerprint density at radius 2 is 1.97 bits per heavy atom. The Bertz CT molecular complexity index is 1070. The van der Waals surface area contributed by atoms with E-state index in [-0.39, 0.29) is 24.4 Å². The van der Waals surface area contributed by atoms with Crippen molar-refractivity contribution < 1.29 is 17.9 Å². The highest BCUT2D eigenvalue weighted by molar-refractivity contribution is 9.10. The molecule has 0 spiro atoms. The number of rotatable bonds is 5. The lowest BCUT2D eigenvalue weighted by atomic mass is 9.77. The first-order valence-corrected chi connectivity index (χ1v) is 12.7. The number of ether oxygens (including phenoxy) is 1. The molecule has 4 aliphatic rings. The number of alkyl halides is 1. The molecule has 1 saturated carbocycles. The summed E-state index contributed by atoms with van der Waals surface area (Å²) in [6.07, 6.45) is 9.63. The molecule has 2 aliphatic heterocycles. The number of hydrogen-bond acceptors (Lipinski definition) is 4. The first-order chi connectivity index (χ1) is 16.3. The minimum atomic E-state index is -1.31. The monoisotopic (exact) mass is 535 g/mol. The van der Waals surface area contributed by atoms with Crippen LogP contribution in [0, 0.1) is 17.0 Å². The summed E-state index contributed by atoms with van der Waals surface area (Å²) in [6.45, 7) is 2.80. The third kappa shape index (κ3) is 4.64. The number of nitrogens with one attached hydrogen (secondary N) is 2. The van der Waals surface area contributed by atoms with Gasteiger partial charge in [0.05, 0.1) is 11.8 Å². The molecular weight excluding hydrogens is 507 g/mol. The van der Waals surface area contributed by atoms with Gasteiger partial charge in [-0.2, -0.15) is 0 Å². The van der Waals surface area contributed by atoms with Gasteiger partial charge in [-0.15, -0.1) is 0 Å². The van der Waals surface area contributed by atoms with Crippen LogP contribution in [0.25, 0.3) is 0 Å². The van der Waals surface area contributed by atoms with Crippen LogP contribution in [-0.2, 0) is 4.74 Å². The van der Waals surface area contributed by atoms with Gasteiger partial charge in [-0.3, -0.25) is 4.90 Å². The Morgan fingerprint density at radius 3 is 2.62 bits per heavy atom. The Morgan fingerprint density at radius 1 is 1.24 bits per heavy atom. The van der Waals surface area contributed by atoms with E-state index in [1.807, 2.05) is 18.0 Å². The number of hydrogen-bond donors (Lipinski definition) is 2.